The molecule has 1 aromatic carbocycles. The van der Waals surface area contributed by atoms with E-state index in [1.54, 1.807) is 4.90 Å². The molecule has 0 bridgehead atoms. The number of carbonyl (C=O) groups is 1. The molecule has 0 unspecified atom stereocenters. The summed E-state index contributed by atoms with van der Waals surface area (Å²) < 4.78 is 0. The summed E-state index contributed by atoms with van der Waals surface area (Å²) in [6.07, 6.45) is 5.72. The van der Waals surface area contributed by atoms with Crippen LogP contribution >= 0.6 is 11.6 Å². The molecular formula is C17H24ClN3O2. The lowest BCUT2D eigenvalue weighted by Gasteiger charge is -2.29. The highest BCUT2D eigenvalue weighted by Gasteiger charge is 2.32. The molecule has 2 aliphatic rings. The summed E-state index contributed by atoms with van der Waals surface area (Å²) >= 11 is 6.42. The molecule has 6 heteroatoms. The first kappa shape index (κ1) is 16.4. The third-order valence-corrected chi connectivity index (χ3v) is 4.79. The largest absolute Gasteiger partial charge is 0.395 e. The summed E-state index contributed by atoms with van der Waals surface area (Å²) in [7, 11) is 0. The van der Waals surface area contributed by atoms with Crippen LogP contribution in [0.15, 0.2) is 18.2 Å². The van der Waals surface area contributed by atoms with Crippen LogP contribution in [0, 0.1) is 0 Å². The van der Waals surface area contributed by atoms with E-state index in [4.69, 9.17) is 16.7 Å². The highest BCUT2D eigenvalue weighted by Crippen LogP contribution is 2.31. The van der Waals surface area contributed by atoms with Gasteiger partial charge in [0, 0.05) is 31.4 Å². The normalized spacial score (nSPS) is 17.9. The van der Waals surface area contributed by atoms with Gasteiger partial charge in [0.1, 0.15) is 0 Å². The van der Waals surface area contributed by atoms with Crippen molar-refractivity contribution < 1.29 is 9.90 Å². The number of aliphatic hydroxyl groups is 1. The number of halogens is 1. The fourth-order valence-corrected chi connectivity index (χ4v) is 3.42. The van der Waals surface area contributed by atoms with Crippen molar-refractivity contribution in [2.45, 2.75) is 38.1 Å². The summed E-state index contributed by atoms with van der Waals surface area (Å²) in [4.78, 5) is 16.3. The Morgan fingerprint density at radius 2 is 2.04 bits per heavy atom. The standard InChI is InChI=1S/C17H24ClN3O2/c18-15-12-13(4-7-16(15)20-8-2-1-3-9-20)19-17(23)21(10-11-22)14-5-6-14/h4,7,12,14,22H,1-3,5-6,8-11H2,(H,19,23). The van der Waals surface area contributed by atoms with Gasteiger partial charge in [0.05, 0.1) is 17.3 Å². The summed E-state index contributed by atoms with van der Waals surface area (Å²) in [6.45, 7) is 2.43. The molecule has 2 fully saturated rings. The zero-order valence-corrected chi connectivity index (χ0v) is 14.1. The second kappa shape index (κ2) is 7.41. The van der Waals surface area contributed by atoms with Crippen molar-refractivity contribution >= 4 is 29.0 Å². The molecule has 0 atom stereocenters. The minimum atomic E-state index is -0.164. The van der Waals surface area contributed by atoms with Gasteiger partial charge in [-0.1, -0.05) is 11.6 Å². The number of piperidine rings is 1. The summed E-state index contributed by atoms with van der Waals surface area (Å²) in [5.41, 5.74) is 1.74. The van der Waals surface area contributed by atoms with Crippen molar-refractivity contribution in [3.05, 3.63) is 23.2 Å². The van der Waals surface area contributed by atoms with Crippen molar-refractivity contribution in [1.82, 2.24) is 4.90 Å². The SMILES string of the molecule is O=C(Nc1ccc(N2CCCCC2)c(Cl)c1)N(CCO)C1CC1. The van der Waals surface area contributed by atoms with Gasteiger partial charge in [0.15, 0.2) is 0 Å². The molecule has 0 spiro atoms. The van der Waals surface area contributed by atoms with E-state index in [-0.39, 0.29) is 18.7 Å². The van der Waals surface area contributed by atoms with Gasteiger partial charge < -0.3 is 20.2 Å². The molecule has 0 aromatic heterocycles. The van der Waals surface area contributed by atoms with Crippen LogP contribution in [0.4, 0.5) is 16.2 Å². The third kappa shape index (κ3) is 4.09. The Hall–Kier alpha value is -1.46. The number of hydrogen-bond donors (Lipinski definition) is 2. The number of hydrogen-bond acceptors (Lipinski definition) is 3. The molecule has 1 aromatic rings. The van der Waals surface area contributed by atoms with E-state index >= 15 is 0 Å². The number of amides is 2. The summed E-state index contributed by atoms with van der Waals surface area (Å²) in [5.74, 6) is 0. The molecule has 126 valence electrons. The summed E-state index contributed by atoms with van der Waals surface area (Å²) in [6, 6.07) is 5.80. The minimum absolute atomic E-state index is 0.0153. The molecular weight excluding hydrogens is 314 g/mol. The maximum absolute atomic E-state index is 12.3. The Morgan fingerprint density at radius 3 is 2.65 bits per heavy atom. The highest BCUT2D eigenvalue weighted by atomic mass is 35.5. The molecule has 1 aliphatic carbocycles. The van der Waals surface area contributed by atoms with Gasteiger partial charge in [-0.15, -0.1) is 0 Å². The monoisotopic (exact) mass is 337 g/mol. The number of nitrogens with zero attached hydrogens (tertiary/aromatic N) is 2. The number of aliphatic hydroxyl groups excluding tert-OH is 1. The van der Waals surface area contributed by atoms with E-state index in [9.17, 15) is 4.79 Å². The average molecular weight is 338 g/mol. The smallest absolute Gasteiger partial charge is 0.322 e. The van der Waals surface area contributed by atoms with Gasteiger partial charge in [0.2, 0.25) is 0 Å². The quantitative estimate of drug-likeness (QED) is 0.866. The number of nitrogens with one attached hydrogen (secondary N) is 1. The highest BCUT2D eigenvalue weighted by molar-refractivity contribution is 6.33. The van der Waals surface area contributed by atoms with Crippen molar-refractivity contribution in [2.75, 3.05) is 36.5 Å². The van der Waals surface area contributed by atoms with Gasteiger partial charge in [-0.3, -0.25) is 0 Å². The molecule has 23 heavy (non-hydrogen) atoms. The average Bonchev–Trinajstić information content (AvgIpc) is 3.38. The van der Waals surface area contributed by atoms with E-state index in [2.05, 4.69) is 10.2 Å². The number of benzene rings is 1. The Bertz CT molecular complexity index is 557. The lowest BCUT2D eigenvalue weighted by molar-refractivity contribution is 0.185. The van der Waals surface area contributed by atoms with Crippen LogP contribution in [0.2, 0.25) is 5.02 Å². The molecule has 3 rings (SSSR count). The first-order valence-electron chi connectivity index (χ1n) is 8.42. The lowest BCUT2D eigenvalue weighted by Crippen LogP contribution is -2.38. The van der Waals surface area contributed by atoms with E-state index in [1.807, 2.05) is 18.2 Å². The van der Waals surface area contributed by atoms with Crippen LogP contribution in [0.25, 0.3) is 0 Å². The van der Waals surface area contributed by atoms with Crippen LogP contribution < -0.4 is 10.2 Å². The van der Waals surface area contributed by atoms with Crippen LogP contribution in [-0.2, 0) is 0 Å². The molecule has 0 radical (unpaired) electrons. The Morgan fingerprint density at radius 1 is 1.30 bits per heavy atom. The van der Waals surface area contributed by atoms with Gasteiger partial charge in [0.25, 0.3) is 0 Å². The zero-order valence-electron chi connectivity index (χ0n) is 13.3. The van der Waals surface area contributed by atoms with Crippen LogP contribution in [-0.4, -0.2) is 48.3 Å². The fourth-order valence-electron chi connectivity index (χ4n) is 3.12. The number of rotatable bonds is 5. The summed E-state index contributed by atoms with van der Waals surface area (Å²) in [5, 5.41) is 12.7. The van der Waals surface area contributed by atoms with Gasteiger partial charge in [-0.05, 0) is 50.3 Å². The maximum Gasteiger partial charge on any atom is 0.322 e. The molecule has 1 aliphatic heterocycles. The van der Waals surface area contributed by atoms with Crippen LogP contribution in [0.1, 0.15) is 32.1 Å². The van der Waals surface area contributed by atoms with E-state index < -0.39 is 0 Å². The number of anilines is 2. The first-order chi connectivity index (χ1) is 11.2. The first-order valence-corrected chi connectivity index (χ1v) is 8.80. The predicted molar refractivity (Wildman–Crippen MR) is 93.3 cm³/mol. The Balaban J connectivity index is 1.66. The van der Waals surface area contributed by atoms with Gasteiger partial charge in [-0.25, -0.2) is 4.79 Å². The van der Waals surface area contributed by atoms with Crippen LogP contribution in [0.3, 0.4) is 0 Å². The topological polar surface area (TPSA) is 55.8 Å². The maximum atomic E-state index is 12.3. The Labute approximate surface area is 142 Å². The van der Waals surface area contributed by atoms with Gasteiger partial charge >= 0.3 is 6.03 Å². The lowest BCUT2D eigenvalue weighted by atomic mass is 10.1. The van der Waals surface area contributed by atoms with Crippen molar-refractivity contribution in [1.29, 1.82) is 0 Å². The minimum Gasteiger partial charge on any atom is -0.395 e. The third-order valence-electron chi connectivity index (χ3n) is 4.49. The van der Waals surface area contributed by atoms with E-state index in [0.717, 1.165) is 31.6 Å². The molecule has 2 amide bonds. The second-order valence-electron chi connectivity index (χ2n) is 6.29. The fraction of sp³-hybridized carbons (Fsp3) is 0.588. The molecule has 1 heterocycles. The van der Waals surface area contributed by atoms with E-state index in [1.165, 1.54) is 19.3 Å². The Kier molecular flexibility index (Phi) is 5.28. The van der Waals surface area contributed by atoms with E-state index in [0.29, 0.717) is 17.3 Å². The zero-order chi connectivity index (χ0) is 16.2. The second-order valence-corrected chi connectivity index (χ2v) is 6.70. The van der Waals surface area contributed by atoms with Crippen molar-refractivity contribution in [2.24, 2.45) is 0 Å². The molecule has 2 N–H and O–H groups in total. The number of carbonyl (C=O) groups excluding carboxylic acids is 1. The van der Waals surface area contributed by atoms with Gasteiger partial charge in [-0.2, -0.15) is 0 Å². The molecule has 1 saturated carbocycles. The van der Waals surface area contributed by atoms with Crippen molar-refractivity contribution in [3.63, 3.8) is 0 Å². The predicted octanol–water partition coefficient (Wildman–Crippen LogP) is 3.32. The molecule has 5 nitrogen and oxygen atoms in total. The molecule has 1 saturated heterocycles. The van der Waals surface area contributed by atoms with Crippen molar-refractivity contribution in [3.8, 4) is 0 Å². The number of urea groups is 1. The van der Waals surface area contributed by atoms with Crippen LogP contribution in [0.5, 0.6) is 0 Å².